The van der Waals surface area contributed by atoms with E-state index in [4.69, 9.17) is 4.74 Å². The lowest BCUT2D eigenvalue weighted by atomic mass is 9.90. The summed E-state index contributed by atoms with van der Waals surface area (Å²) in [5.41, 5.74) is 1.52. The molecule has 0 aromatic heterocycles. The van der Waals surface area contributed by atoms with Crippen LogP contribution >= 0.6 is 0 Å². The third-order valence-corrected chi connectivity index (χ3v) is 7.29. The van der Waals surface area contributed by atoms with Crippen molar-refractivity contribution in [2.75, 3.05) is 13.1 Å². The zero-order valence-corrected chi connectivity index (χ0v) is 20.8. The lowest BCUT2D eigenvalue weighted by molar-refractivity contribution is -0.141. The van der Waals surface area contributed by atoms with Gasteiger partial charge >= 0.3 is 6.09 Å². The Balaban J connectivity index is 1.40. The maximum atomic E-state index is 13.6. The zero-order chi connectivity index (χ0) is 24.3. The first kappa shape index (κ1) is 24.6. The number of rotatable bonds is 3. The van der Waals surface area contributed by atoms with E-state index in [1.165, 1.54) is 19.3 Å². The minimum absolute atomic E-state index is 0.0417. The first-order chi connectivity index (χ1) is 16.2. The van der Waals surface area contributed by atoms with Gasteiger partial charge < -0.3 is 15.0 Å². The number of hydrogen-bond acceptors (Lipinski definition) is 4. The molecule has 7 nitrogen and oxygen atoms in total. The van der Waals surface area contributed by atoms with Gasteiger partial charge in [-0.1, -0.05) is 43.5 Å². The van der Waals surface area contributed by atoms with Gasteiger partial charge in [-0.15, -0.1) is 0 Å². The highest BCUT2D eigenvalue weighted by atomic mass is 16.6. The van der Waals surface area contributed by atoms with Crippen LogP contribution in [0.4, 0.5) is 4.79 Å². The van der Waals surface area contributed by atoms with Crippen molar-refractivity contribution in [1.29, 1.82) is 0 Å². The van der Waals surface area contributed by atoms with E-state index in [0.717, 1.165) is 24.0 Å². The molecule has 2 aliphatic heterocycles. The molecule has 7 heteroatoms. The quantitative estimate of drug-likeness (QED) is 0.725. The second-order valence-corrected chi connectivity index (χ2v) is 11.0. The van der Waals surface area contributed by atoms with E-state index in [1.807, 2.05) is 49.9 Å². The normalized spacial score (nSPS) is 22.1. The lowest BCUT2D eigenvalue weighted by Gasteiger charge is -2.40. The molecule has 2 fully saturated rings. The van der Waals surface area contributed by atoms with Crippen molar-refractivity contribution in [3.63, 3.8) is 0 Å². The maximum Gasteiger partial charge on any atom is 0.411 e. The third-order valence-electron chi connectivity index (χ3n) is 7.29. The highest BCUT2D eigenvalue weighted by Gasteiger charge is 2.40. The Morgan fingerprint density at radius 2 is 1.59 bits per heavy atom. The van der Waals surface area contributed by atoms with Crippen LogP contribution in [0.25, 0.3) is 0 Å². The SMILES string of the molecule is CC(C)(C)OC(=O)N1Cc2ccccc2C[C@H]1C(=O)N1CCC(C(=O)NC2CCCCC2)CC1. The summed E-state index contributed by atoms with van der Waals surface area (Å²) in [6, 6.07) is 7.69. The molecule has 1 saturated heterocycles. The molecule has 2 heterocycles. The Morgan fingerprint density at radius 1 is 0.941 bits per heavy atom. The molecule has 1 aromatic carbocycles. The van der Waals surface area contributed by atoms with Gasteiger partial charge in [-0.05, 0) is 57.6 Å². The fourth-order valence-corrected chi connectivity index (χ4v) is 5.39. The second kappa shape index (κ2) is 10.4. The molecule has 0 unspecified atom stereocenters. The fourth-order valence-electron chi connectivity index (χ4n) is 5.39. The van der Waals surface area contributed by atoms with Gasteiger partial charge in [0.1, 0.15) is 11.6 Å². The smallest absolute Gasteiger partial charge is 0.411 e. The standard InChI is InChI=1S/C27H39N3O4/c1-27(2,3)34-26(33)30-18-21-10-8-7-9-20(21)17-23(30)25(32)29-15-13-19(14-16-29)24(31)28-22-11-5-4-6-12-22/h7-10,19,22-23H,4-6,11-18H2,1-3H3,(H,28,31)/t23-/m0/s1. The minimum atomic E-state index is -0.633. The van der Waals surface area contributed by atoms with E-state index in [-0.39, 0.29) is 17.7 Å². The fraction of sp³-hybridized carbons (Fsp3) is 0.667. The Kier molecular flexibility index (Phi) is 7.48. The summed E-state index contributed by atoms with van der Waals surface area (Å²) in [4.78, 5) is 42.8. The van der Waals surface area contributed by atoms with E-state index < -0.39 is 17.7 Å². The van der Waals surface area contributed by atoms with Crippen LogP contribution in [0.5, 0.6) is 0 Å². The van der Waals surface area contributed by atoms with Crippen molar-refractivity contribution in [3.8, 4) is 0 Å². The number of fused-ring (bicyclic) bond motifs is 1. The van der Waals surface area contributed by atoms with Crippen molar-refractivity contribution >= 4 is 17.9 Å². The van der Waals surface area contributed by atoms with Gasteiger partial charge in [0.15, 0.2) is 0 Å². The molecule has 34 heavy (non-hydrogen) atoms. The number of benzene rings is 1. The minimum Gasteiger partial charge on any atom is -0.444 e. The van der Waals surface area contributed by atoms with E-state index >= 15 is 0 Å². The van der Waals surface area contributed by atoms with Crippen LogP contribution in [0.15, 0.2) is 24.3 Å². The van der Waals surface area contributed by atoms with Crippen LogP contribution in [0.1, 0.15) is 76.8 Å². The van der Waals surface area contributed by atoms with Crippen LogP contribution in [-0.4, -0.2) is 58.5 Å². The summed E-state index contributed by atoms with van der Waals surface area (Å²) in [5, 5.41) is 3.24. The molecule has 1 atom stereocenters. The number of hydrogen-bond donors (Lipinski definition) is 1. The van der Waals surface area contributed by atoms with E-state index in [1.54, 1.807) is 4.90 Å². The average Bonchev–Trinajstić information content (AvgIpc) is 2.82. The van der Waals surface area contributed by atoms with E-state index in [2.05, 4.69) is 5.32 Å². The van der Waals surface area contributed by atoms with Crippen LogP contribution in [0.2, 0.25) is 0 Å². The number of carbonyl (C=O) groups is 3. The van der Waals surface area contributed by atoms with Crippen LogP contribution in [-0.2, 0) is 27.3 Å². The van der Waals surface area contributed by atoms with Gasteiger partial charge in [-0.3, -0.25) is 14.5 Å². The number of ether oxygens (including phenoxy) is 1. The molecule has 1 N–H and O–H groups in total. The van der Waals surface area contributed by atoms with Gasteiger partial charge in [-0.25, -0.2) is 4.79 Å². The summed E-state index contributed by atoms with van der Waals surface area (Å²) >= 11 is 0. The van der Waals surface area contributed by atoms with Crippen molar-refractivity contribution in [2.24, 2.45) is 5.92 Å². The van der Waals surface area contributed by atoms with Crippen molar-refractivity contribution < 1.29 is 19.1 Å². The number of amides is 3. The molecule has 0 bridgehead atoms. The second-order valence-electron chi connectivity index (χ2n) is 11.0. The summed E-state index contributed by atoms with van der Waals surface area (Å²) in [6.45, 7) is 6.96. The molecule has 186 valence electrons. The van der Waals surface area contributed by atoms with Crippen LogP contribution < -0.4 is 5.32 Å². The predicted molar refractivity (Wildman–Crippen MR) is 130 cm³/mol. The molecule has 3 aliphatic rings. The highest BCUT2D eigenvalue weighted by molar-refractivity contribution is 5.87. The van der Waals surface area contributed by atoms with Crippen molar-refractivity contribution in [1.82, 2.24) is 15.1 Å². The van der Waals surface area contributed by atoms with E-state index in [9.17, 15) is 14.4 Å². The van der Waals surface area contributed by atoms with Gasteiger partial charge in [0.2, 0.25) is 11.8 Å². The predicted octanol–water partition coefficient (Wildman–Crippen LogP) is 4.04. The summed E-state index contributed by atoms with van der Waals surface area (Å²) in [6.07, 6.45) is 7.16. The molecule has 4 rings (SSSR count). The highest BCUT2D eigenvalue weighted by Crippen LogP contribution is 2.28. The molecular weight excluding hydrogens is 430 g/mol. The first-order valence-electron chi connectivity index (χ1n) is 12.9. The topological polar surface area (TPSA) is 79.0 Å². The van der Waals surface area contributed by atoms with Gasteiger partial charge in [0, 0.05) is 31.5 Å². The zero-order valence-electron chi connectivity index (χ0n) is 20.8. The molecule has 3 amide bonds. The van der Waals surface area contributed by atoms with Crippen molar-refractivity contribution in [3.05, 3.63) is 35.4 Å². The summed E-state index contributed by atoms with van der Waals surface area (Å²) in [7, 11) is 0. The van der Waals surface area contributed by atoms with E-state index in [0.29, 0.717) is 44.9 Å². The molecule has 1 aromatic rings. The molecule has 0 radical (unpaired) electrons. The Bertz CT molecular complexity index is 895. The Hall–Kier alpha value is -2.57. The average molecular weight is 470 g/mol. The number of carbonyl (C=O) groups excluding carboxylic acids is 3. The largest absolute Gasteiger partial charge is 0.444 e. The molecule has 1 aliphatic carbocycles. The monoisotopic (exact) mass is 469 g/mol. The Labute approximate surface area is 203 Å². The molecule has 1 saturated carbocycles. The number of piperidine rings is 1. The number of likely N-dealkylation sites (tertiary alicyclic amines) is 1. The van der Waals surface area contributed by atoms with Crippen LogP contribution in [0.3, 0.4) is 0 Å². The lowest BCUT2D eigenvalue weighted by Crippen LogP contribution is -2.56. The molecule has 0 spiro atoms. The summed E-state index contributed by atoms with van der Waals surface area (Å²) < 4.78 is 5.64. The van der Waals surface area contributed by atoms with Crippen LogP contribution in [0, 0.1) is 5.92 Å². The third kappa shape index (κ3) is 5.91. The Morgan fingerprint density at radius 3 is 2.24 bits per heavy atom. The first-order valence-corrected chi connectivity index (χ1v) is 12.9. The van der Waals surface area contributed by atoms with Gasteiger partial charge in [0.25, 0.3) is 0 Å². The van der Waals surface area contributed by atoms with Crippen molar-refractivity contribution in [2.45, 2.75) is 96.4 Å². The van der Waals surface area contributed by atoms with Gasteiger partial charge in [-0.2, -0.15) is 0 Å². The number of nitrogens with one attached hydrogen (secondary N) is 1. The van der Waals surface area contributed by atoms with Gasteiger partial charge in [0.05, 0.1) is 6.54 Å². The number of nitrogens with zero attached hydrogens (tertiary/aromatic N) is 2. The maximum absolute atomic E-state index is 13.6. The summed E-state index contributed by atoms with van der Waals surface area (Å²) in [5.74, 6) is 0.0486. The molecular formula is C27H39N3O4.